The van der Waals surface area contributed by atoms with Crippen LogP contribution in [-0.2, 0) is 9.53 Å². The molecular formula is C25H25N3O4S2. The van der Waals surface area contributed by atoms with Crippen molar-refractivity contribution in [2.24, 2.45) is 5.92 Å². The average Bonchev–Trinajstić information content (AvgIpc) is 3.53. The van der Waals surface area contributed by atoms with Gasteiger partial charge in [0.2, 0.25) is 5.91 Å². The van der Waals surface area contributed by atoms with E-state index in [1.807, 2.05) is 37.3 Å². The van der Waals surface area contributed by atoms with Gasteiger partial charge in [-0.2, -0.15) is 0 Å². The number of carbonyl (C=O) groups is 3. The summed E-state index contributed by atoms with van der Waals surface area (Å²) >= 11 is 2.64. The van der Waals surface area contributed by atoms with Gasteiger partial charge in [0.1, 0.15) is 5.00 Å². The van der Waals surface area contributed by atoms with Crippen LogP contribution in [0.25, 0.3) is 10.4 Å². The standard InChI is InChI=1S/C25H25N3O4S2/c1-15-20(25(31)28-11-13-32-14-12-28)24(34-21(15)16-5-3-2-4-6-16)27-23(30)18-9-10-19(33-18)26-22(29)17-7-8-17/h2-6,9-10,17H,7-8,11-14H2,1H3,(H,26,29)(H,27,30). The molecule has 9 heteroatoms. The second kappa shape index (κ2) is 9.69. The number of thiophene rings is 2. The molecular weight excluding hydrogens is 470 g/mol. The summed E-state index contributed by atoms with van der Waals surface area (Å²) in [5.74, 6) is -0.292. The Balaban J connectivity index is 1.42. The Hall–Kier alpha value is -3.01. The quantitative estimate of drug-likeness (QED) is 0.511. The van der Waals surface area contributed by atoms with Crippen LogP contribution in [0.4, 0.5) is 10.0 Å². The number of anilines is 2. The van der Waals surface area contributed by atoms with Crippen molar-refractivity contribution in [2.45, 2.75) is 19.8 Å². The highest BCUT2D eigenvalue weighted by Crippen LogP contribution is 2.41. The third-order valence-corrected chi connectivity index (χ3v) is 8.20. The number of hydrogen-bond donors (Lipinski definition) is 2. The molecule has 1 saturated carbocycles. The monoisotopic (exact) mass is 495 g/mol. The fraction of sp³-hybridized carbons (Fsp3) is 0.320. The zero-order chi connectivity index (χ0) is 23.7. The number of amides is 3. The summed E-state index contributed by atoms with van der Waals surface area (Å²) in [4.78, 5) is 41.8. The maximum atomic E-state index is 13.5. The zero-order valence-electron chi connectivity index (χ0n) is 18.8. The molecule has 2 aliphatic rings. The predicted molar refractivity (Wildman–Crippen MR) is 135 cm³/mol. The largest absolute Gasteiger partial charge is 0.378 e. The molecule has 3 amide bonds. The van der Waals surface area contributed by atoms with E-state index >= 15 is 0 Å². The first-order valence-electron chi connectivity index (χ1n) is 11.3. The van der Waals surface area contributed by atoms with E-state index in [0.29, 0.717) is 46.7 Å². The third kappa shape index (κ3) is 4.77. The fourth-order valence-corrected chi connectivity index (χ4v) is 5.91. The minimum Gasteiger partial charge on any atom is -0.378 e. The molecule has 0 bridgehead atoms. The Morgan fingerprint density at radius 3 is 2.41 bits per heavy atom. The Labute approximate surface area is 205 Å². The highest BCUT2D eigenvalue weighted by Gasteiger charge is 2.30. The lowest BCUT2D eigenvalue weighted by atomic mass is 10.1. The molecule has 0 spiro atoms. The average molecular weight is 496 g/mol. The first kappa shape index (κ1) is 22.8. The predicted octanol–water partition coefficient (Wildman–Crippen LogP) is 4.86. The van der Waals surface area contributed by atoms with Crippen molar-refractivity contribution in [2.75, 3.05) is 36.9 Å². The van der Waals surface area contributed by atoms with E-state index in [1.54, 1.807) is 17.0 Å². The number of benzene rings is 1. The molecule has 5 rings (SSSR count). The summed E-state index contributed by atoms with van der Waals surface area (Å²) < 4.78 is 5.40. The SMILES string of the molecule is Cc1c(-c2ccccc2)sc(NC(=O)c2ccc(NC(=O)C3CC3)s2)c1C(=O)N1CCOCC1. The second-order valence-corrected chi connectivity index (χ2v) is 10.5. The van der Waals surface area contributed by atoms with Gasteiger partial charge in [0.25, 0.3) is 11.8 Å². The molecule has 1 aliphatic carbocycles. The fourth-order valence-electron chi connectivity index (χ4n) is 3.91. The number of nitrogens with one attached hydrogen (secondary N) is 2. The van der Waals surface area contributed by atoms with Crippen molar-refractivity contribution >= 4 is 50.4 Å². The molecule has 34 heavy (non-hydrogen) atoms. The van der Waals surface area contributed by atoms with E-state index in [0.717, 1.165) is 28.8 Å². The highest BCUT2D eigenvalue weighted by atomic mass is 32.1. The van der Waals surface area contributed by atoms with Crippen LogP contribution >= 0.6 is 22.7 Å². The summed E-state index contributed by atoms with van der Waals surface area (Å²) in [6.07, 6.45) is 1.85. The lowest BCUT2D eigenvalue weighted by Gasteiger charge is -2.27. The van der Waals surface area contributed by atoms with Gasteiger partial charge < -0.3 is 20.3 Å². The minimum absolute atomic E-state index is 0.00795. The van der Waals surface area contributed by atoms with Gasteiger partial charge in [-0.25, -0.2) is 0 Å². The molecule has 2 fully saturated rings. The van der Waals surface area contributed by atoms with E-state index in [4.69, 9.17) is 4.74 Å². The molecule has 1 aromatic carbocycles. The Kier molecular flexibility index (Phi) is 6.49. The van der Waals surface area contributed by atoms with Gasteiger partial charge in [0.05, 0.1) is 28.7 Å². The van der Waals surface area contributed by atoms with Gasteiger partial charge in [-0.3, -0.25) is 14.4 Å². The molecule has 0 unspecified atom stereocenters. The van der Waals surface area contributed by atoms with E-state index in [1.165, 1.54) is 22.7 Å². The molecule has 2 N–H and O–H groups in total. The maximum absolute atomic E-state index is 13.5. The van der Waals surface area contributed by atoms with E-state index in [2.05, 4.69) is 10.6 Å². The van der Waals surface area contributed by atoms with Crippen LogP contribution in [0.3, 0.4) is 0 Å². The number of ether oxygens (including phenoxy) is 1. The topological polar surface area (TPSA) is 87.7 Å². The van der Waals surface area contributed by atoms with Gasteiger partial charge in [-0.1, -0.05) is 30.3 Å². The second-order valence-electron chi connectivity index (χ2n) is 8.41. The number of rotatable bonds is 6. The Bertz CT molecular complexity index is 1220. The van der Waals surface area contributed by atoms with Crippen LogP contribution < -0.4 is 10.6 Å². The van der Waals surface area contributed by atoms with Gasteiger partial charge >= 0.3 is 0 Å². The summed E-state index contributed by atoms with van der Waals surface area (Å²) in [6.45, 7) is 3.99. The van der Waals surface area contributed by atoms with Crippen molar-refractivity contribution in [3.8, 4) is 10.4 Å². The van der Waals surface area contributed by atoms with Crippen molar-refractivity contribution in [3.63, 3.8) is 0 Å². The molecule has 2 aromatic heterocycles. The molecule has 1 saturated heterocycles. The smallest absolute Gasteiger partial charge is 0.266 e. The van der Waals surface area contributed by atoms with Crippen molar-refractivity contribution in [1.82, 2.24) is 4.90 Å². The normalized spacial score (nSPS) is 15.7. The van der Waals surface area contributed by atoms with Crippen molar-refractivity contribution < 1.29 is 19.1 Å². The van der Waals surface area contributed by atoms with E-state index < -0.39 is 0 Å². The molecule has 0 atom stereocenters. The van der Waals surface area contributed by atoms with E-state index in [9.17, 15) is 14.4 Å². The third-order valence-electron chi connectivity index (χ3n) is 5.95. The van der Waals surface area contributed by atoms with Gasteiger partial charge in [-0.05, 0) is 43.0 Å². The van der Waals surface area contributed by atoms with Gasteiger partial charge in [0, 0.05) is 23.9 Å². The first-order chi connectivity index (χ1) is 16.5. The van der Waals surface area contributed by atoms with Crippen LogP contribution in [-0.4, -0.2) is 48.9 Å². The Morgan fingerprint density at radius 1 is 0.971 bits per heavy atom. The number of nitrogens with zero attached hydrogens (tertiary/aromatic N) is 1. The molecule has 0 radical (unpaired) electrons. The van der Waals surface area contributed by atoms with Crippen LogP contribution in [0.1, 0.15) is 38.4 Å². The van der Waals surface area contributed by atoms with Crippen LogP contribution in [0.2, 0.25) is 0 Å². The molecule has 1 aliphatic heterocycles. The van der Waals surface area contributed by atoms with Crippen molar-refractivity contribution in [1.29, 1.82) is 0 Å². The number of morpholine rings is 1. The lowest BCUT2D eigenvalue weighted by Crippen LogP contribution is -2.41. The summed E-state index contributed by atoms with van der Waals surface area (Å²) in [5.41, 5.74) is 2.38. The van der Waals surface area contributed by atoms with Crippen LogP contribution in [0.15, 0.2) is 42.5 Å². The van der Waals surface area contributed by atoms with Crippen LogP contribution in [0.5, 0.6) is 0 Å². The zero-order valence-corrected chi connectivity index (χ0v) is 20.4. The van der Waals surface area contributed by atoms with Gasteiger partial charge in [-0.15, -0.1) is 22.7 Å². The summed E-state index contributed by atoms with van der Waals surface area (Å²) in [5, 5.41) is 7.05. The van der Waals surface area contributed by atoms with Gasteiger partial charge in [0.15, 0.2) is 0 Å². The van der Waals surface area contributed by atoms with Crippen LogP contribution in [0, 0.1) is 12.8 Å². The summed E-state index contributed by atoms with van der Waals surface area (Å²) in [7, 11) is 0. The minimum atomic E-state index is -0.297. The highest BCUT2D eigenvalue weighted by molar-refractivity contribution is 7.20. The maximum Gasteiger partial charge on any atom is 0.266 e. The van der Waals surface area contributed by atoms with Crippen molar-refractivity contribution in [3.05, 3.63) is 58.5 Å². The number of hydrogen-bond acceptors (Lipinski definition) is 6. The first-order valence-corrected chi connectivity index (χ1v) is 12.9. The Morgan fingerprint density at radius 2 is 1.71 bits per heavy atom. The lowest BCUT2D eigenvalue weighted by molar-refractivity contribution is -0.117. The number of carbonyl (C=O) groups excluding carboxylic acids is 3. The molecule has 176 valence electrons. The van der Waals surface area contributed by atoms with E-state index in [-0.39, 0.29) is 23.6 Å². The molecule has 3 aromatic rings. The molecule has 7 nitrogen and oxygen atoms in total. The molecule has 3 heterocycles. The summed E-state index contributed by atoms with van der Waals surface area (Å²) in [6, 6.07) is 13.3.